The lowest BCUT2D eigenvalue weighted by molar-refractivity contribution is -0.161. The van der Waals surface area contributed by atoms with Crippen LogP contribution in [0, 0.1) is 5.92 Å². The minimum Gasteiger partial charge on any atom is -0.462 e. The third-order valence-electron chi connectivity index (χ3n) is 19.3. The molecule has 0 heterocycles. The number of carbonyl (C=O) groups is 4. The topological polar surface area (TPSA) is 237 Å². The van der Waals surface area contributed by atoms with Crippen molar-refractivity contribution in [2.75, 3.05) is 39.6 Å². The van der Waals surface area contributed by atoms with Crippen LogP contribution in [0.1, 0.15) is 439 Å². The van der Waals surface area contributed by atoms with E-state index in [1.165, 1.54) is 250 Å². The van der Waals surface area contributed by atoms with Gasteiger partial charge in [0.1, 0.15) is 19.3 Å². The van der Waals surface area contributed by atoms with Gasteiger partial charge in [0.2, 0.25) is 0 Å². The van der Waals surface area contributed by atoms with Crippen LogP contribution in [0.15, 0.2) is 0 Å². The molecule has 0 aliphatic carbocycles. The molecule has 19 heteroatoms. The van der Waals surface area contributed by atoms with Crippen molar-refractivity contribution in [2.24, 2.45) is 5.92 Å². The molecular formula is C82H160O17P2. The molecule has 0 saturated carbocycles. The van der Waals surface area contributed by atoms with Crippen LogP contribution in [0.2, 0.25) is 0 Å². The molecule has 0 saturated heterocycles. The lowest BCUT2D eigenvalue weighted by atomic mass is 10.0. The molecule has 0 aliphatic rings. The van der Waals surface area contributed by atoms with E-state index in [1.54, 1.807) is 0 Å². The molecular weight excluding hydrogens is 1320 g/mol. The summed E-state index contributed by atoms with van der Waals surface area (Å²) in [6.45, 7) is 7.31. The monoisotopic (exact) mass is 1480 g/mol. The molecule has 0 aromatic heterocycles. The number of carbonyl (C=O) groups excluding carboxylic acids is 4. The maximum Gasteiger partial charge on any atom is 0.472 e. The highest BCUT2D eigenvalue weighted by Gasteiger charge is 2.30. The fourth-order valence-electron chi connectivity index (χ4n) is 12.8. The highest BCUT2D eigenvalue weighted by atomic mass is 31.2. The van der Waals surface area contributed by atoms with E-state index in [-0.39, 0.29) is 25.7 Å². The zero-order valence-corrected chi connectivity index (χ0v) is 67.8. The fraction of sp³-hybridized carbons (Fsp3) is 0.951. The molecule has 600 valence electrons. The van der Waals surface area contributed by atoms with Crippen LogP contribution in [0.5, 0.6) is 0 Å². The first-order chi connectivity index (χ1) is 49.0. The number of rotatable bonds is 82. The van der Waals surface area contributed by atoms with Crippen molar-refractivity contribution < 1.29 is 80.2 Å². The predicted octanol–water partition coefficient (Wildman–Crippen LogP) is 24.8. The Morgan fingerprint density at radius 3 is 0.673 bits per heavy atom. The van der Waals surface area contributed by atoms with Gasteiger partial charge in [-0.25, -0.2) is 9.13 Å². The van der Waals surface area contributed by atoms with E-state index in [9.17, 15) is 43.2 Å². The molecule has 0 aromatic carbocycles. The quantitative estimate of drug-likeness (QED) is 0.0222. The van der Waals surface area contributed by atoms with Gasteiger partial charge in [0.15, 0.2) is 12.2 Å². The van der Waals surface area contributed by atoms with Crippen molar-refractivity contribution in [2.45, 2.75) is 457 Å². The minimum absolute atomic E-state index is 0.107. The Morgan fingerprint density at radius 1 is 0.267 bits per heavy atom. The van der Waals surface area contributed by atoms with Crippen molar-refractivity contribution in [3.63, 3.8) is 0 Å². The van der Waals surface area contributed by atoms with Gasteiger partial charge in [0.05, 0.1) is 26.4 Å². The normalized spacial score (nSPS) is 13.8. The minimum atomic E-state index is -4.96. The maximum absolute atomic E-state index is 13.1. The van der Waals surface area contributed by atoms with E-state index >= 15 is 0 Å². The Labute approximate surface area is 619 Å². The molecule has 0 bridgehead atoms. The molecule has 0 amide bonds. The third kappa shape index (κ3) is 76.1. The Balaban J connectivity index is 5.17. The van der Waals surface area contributed by atoms with Gasteiger partial charge < -0.3 is 33.8 Å². The second kappa shape index (κ2) is 74.9. The van der Waals surface area contributed by atoms with E-state index in [1.807, 2.05) is 0 Å². The summed E-state index contributed by atoms with van der Waals surface area (Å²) in [4.78, 5) is 72.9. The molecule has 0 rings (SSSR count). The molecule has 17 nitrogen and oxygen atoms in total. The van der Waals surface area contributed by atoms with Gasteiger partial charge in [0.25, 0.3) is 0 Å². The summed E-state index contributed by atoms with van der Waals surface area (Å²) < 4.78 is 68.6. The molecule has 0 radical (unpaired) electrons. The van der Waals surface area contributed by atoms with Gasteiger partial charge in [-0.15, -0.1) is 0 Å². The van der Waals surface area contributed by atoms with Gasteiger partial charge in [-0.1, -0.05) is 388 Å². The van der Waals surface area contributed by atoms with Crippen molar-refractivity contribution in [3.8, 4) is 0 Å². The molecule has 0 spiro atoms. The number of unbranched alkanes of at least 4 members (excludes halogenated alkanes) is 54. The van der Waals surface area contributed by atoms with Crippen molar-refractivity contribution in [1.82, 2.24) is 0 Å². The summed E-state index contributed by atoms with van der Waals surface area (Å²) in [5, 5.41) is 10.6. The van der Waals surface area contributed by atoms with Crippen LogP contribution in [-0.4, -0.2) is 96.7 Å². The first kappa shape index (κ1) is 99.1. The number of phosphoric acid groups is 2. The Kier molecular flexibility index (Phi) is 73.5. The standard InChI is InChI=1S/C82H160O17P2/c1-6-9-12-15-18-20-22-24-26-28-30-31-33-35-39-43-47-52-57-62-67-82(87)99-78(72-93-80(85)66-61-56-51-46-42-38-34-32-29-27-25-23-21-19-16-13-10-7-2)74-97-101(90,91)95-70-76(83)69-94-100(88,89)96-73-77(71-92-79(84)65-60-55-49-17-14-11-8-3)98-81(86)68-63-58-53-48-44-40-36-37-41-45-50-54-59-64-75(4)5/h75-78,83H,6-74H2,1-5H3,(H,88,89)(H,90,91)/t76-,77+,78+/m0/s1. The van der Waals surface area contributed by atoms with Crippen LogP contribution in [0.3, 0.4) is 0 Å². The maximum atomic E-state index is 13.1. The number of phosphoric ester groups is 2. The second-order valence-corrected chi connectivity index (χ2v) is 32.9. The smallest absolute Gasteiger partial charge is 0.462 e. The van der Waals surface area contributed by atoms with E-state index in [0.29, 0.717) is 25.7 Å². The summed E-state index contributed by atoms with van der Waals surface area (Å²) in [7, 11) is -9.91. The summed E-state index contributed by atoms with van der Waals surface area (Å²) in [6, 6.07) is 0. The number of aliphatic hydroxyl groups excluding tert-OH is 1. The predicted molar refractivity (Wildman–Crippen MR) is 414 cm³/mol. The van der Waals surface area contributed by atoms with Crippen LogP contribution in [0.4, 0.5) is 0 Å². The van der Waals surface area contributed by atoms with Gasteiger partial charge in [-0.2, -0.15) is 0 Å². The van der Waals surface area contributed by atoms with Crippen molar-refractivity contribution >= 4 is 39.5 Å². The summed E-state index contributed by atoms with van der Waals surface area (Å²) >= 11 is 0. The van der Waals surface area contributed by atoms with Crippen LogP contribution >= 0.6 is 15.6 Å². The Hall–Kier alpha value is -1.94. The molecule has 5 atom stereocenters. The number of hydrogen-bond acceptors (Lipinski definition) is 15. The van der Waals surface area contributed by atoms with E-state index in [2.05, 4.69) is 34.6 Å². The Bertz CT molecular complexity index is 1930. The Morgan fingerprint density at radius 2 is 0.455 bits per heavy atom. The summed E-state index contributed by atoms with van der Waals surface area (Å²) in [6.07, 6.45) is 66.8. The van der Waals surface area contributed by atoms with E-state index < -0.39 is 97.5 Å². The number of aliphatic hydroxyl groups is 1. The van der Waals surface area contributed by atoms with E-state index in [4.69, 9.17) is 37.0 Å². The number of hydrogen-bond donors (Lipinski definition) is 3. The fourth-order valence-corrected chi connectivity index (χ4v) is 14.3. The number of esters is 4. The number of ether oxygens (including phenoxy) is 4. The SMILES string of the molecule is CCCCCCCCCCCCCCCCCCCCCCC(=O)O[C@H](COC(=O)CCCCCCCCCCCCCCCCCCCC)COP(=O)(O)OC[C@@H](O)COP(=O)(O)OC[C@@H](COC(=O)CCCCCCCCC)OC(=O)CCCCCCCCCCCCCCCC(C)C. The van der Waals surface area contributed by atoms with Crippen LogP contribution in [-0.2, 0) is 65.4 Å². The molecule has 2 unspecified atom stereocenters. The third-order valence-corrected chi connectivity index (χ3v) is 21.2. The first-order valence-corrected chi connectivity index (χ1v) is 45.6. The molecule has 0 aromatic rings. The van der Waals surface area contributed by atoms with E-state index in [0.717, 1.165) is 109 Å². The molecule has 101 heavy (non-hydrogen) atoms. The summed E-state index contributed by atoms with van der Waals surface area (Å²) in [5.41, 5.74) is 0. The second-order valence-electron chi connectivity index (χ2n) is 30.0. The van der Waals surface area contributed by atoms with Crippen molar-refractivity contribution in [3.05, 3.63) is 0 Å². The van der Waals surface area contributed by atoms with Crippen LogP contribution < -0.4 is 0 Å². The van der Waals surface area contributed by atoms with Gasteiger partial charge in [-0.05, 0) is 31.6 Å². The zero-order chi connectivity index (χ0) is 74.1. The van der Waals surface area contributed by atoms with Gasteiger partial charge in [-0.3, -0.25) is 37.3 Å². The zero-order valence-electron chi connectivity index (χ0n) is 66.1. The molecule has 0 fully saturated rings. The van der Waals surface area contributed by atoms with Crippen LogP contribution in [0.25, 0.3) is 0 Å². The molecule has 3 N–H and O–H groups in total. The highest BCUT2D eigenvalue weighted by molar-refractivity contribution is 7.47. The van der Waals surface area contributed by atoms with Gasteiger partial charge >= 0.3 is 39.5 Å². The summed E-state index contributed by atoms with van der Waals surface area (Å²) in [5.74, 6) is -1.32. The van der Waals surface area contributed by atoms with Crippen molar-refractivity contribution in [1.29, 1.82) is 0 Å². The lowest BCUT2D eigenvalue weighted by Crippen LogP contribution is -2.30. The lowest BCUT2D eigenvalue weighted by Gasteiger charge is -2.21. The molecule has 0 aliphatic heterocycles. The first-order valence-electron chi connectivity index (χ1n) is 42.6. The van der Waals surface area contributed by atoms with Gasteiger partial charge in [0, 0.05) is 25.7 Å². The average molecular weight is 1480 g/mol. The average Bonchev–Trinajstić information content (AvgIpc) is 0.928. The highest BCUT2D eigenvalue weighted by Crippen LogP contribution is 2.45. The largest absolute Gasteiger partial charge is 0.472 e.